The molecule has 0 aliphatic heterocycles. The first-order valence-corrected chi connectivity index (χ1v) is 11.3. The number of carbonyl (C=O) groups excluding carboxylic acids is 1. The van der Waals surface area contributed by atoms with Gasteiger partial charge < -0.3 is 9.15 Å². The number of benzene rings is 1. The van der Waals surface area contributed by atoms with Gasteiger partial charge in [0.25, 0.3) is 5.91 Å². The maximum atomic E-state index is 12.8. The van der Waals surface area contributed by atoms with E-state index in [1.807, 2.05) is 24.3 Å². The number of amides is 1. The van der Waals surface area contributed by atoms with Gasteiger partial charge in [-0.25, -0.2) is 0 Å². The number of allylic oxidation sites excluding steroid dienone is 2. The molecule has 0 bridgehead atoms. The molecule has 0 spiro atoms. The maximum absolute atomic E-state index is 12.8. The van der Waals surface area contributed by atoms with Crippen molar-refractivity contribution in [2.24, 2.45) is 10.8 Å². The van der Waals surface area contributed by atoms with Crippen molar-refractivity contribution in [1.29, 1.82) is 0 Å². The molecule has 168 valence electrons. The van der Waals surface area contributed by atoms with Crippen LogP contribution in [0.3, 0.4) is 0 Å². The van der Waals surface area contributed by atoms with Crippen LogP contribution in [0.4, 0.5) is 6.01 Å². The molecule has 1 N–H and O–H groups in total. The molecule has 5 nitrogen and oxygen atoms in total. The Labute approximate surface area is 186 Å². The fraction of sp³-hybridized carbons (Fsp3) is 0.538. The van der Waals surface area contributed by atoms with Crippen molar-refractivity contribution in [2.75, 3.05) is 5.32 Å². The average Bonchev–Trinajstić information content (AvgIpc) is 3.15. The average molecular weight is 425 g/mol. The highest BCUT2D eigenvalue weighted by Gasteiger charge is 2.35. The van der Waals surface area contributed by atoms with Crippen LogP contribution in [0, 0.1) is 10.8 Å². The minimum absolute atomic E-state index is 0.00944. The zero-order valence-electron chi connectivity index (χ0n) is 19.9. The lowest BCUT2D eigenvalue weighted by Gasteiger charge is -2.38. The van der Waals surface area contributed by atoms with Gasteiger partial charge in [0.2, 0.25) is 0 Å². The standard InChI is InChI=1S/C26H36N2O3/c1-8-25(4,5)18-14-15-21(19(16-18)26(6,7)9-2)30-17(3)23(29)28-24-27-20-12-10-11-13-22(20)31-24/h10-14,16-17,21H,8-9,15H2,1-7H3,(H,27,28,29). The summed E-state index contributed by atoms with van der Waals surface area (Å²) < 4.78 is 11.9. The highest BCUT2D eigenvalue weighted by molar-refractivity contribution is 5.93. The lowest BCUT2D eigenvalue weighted by atomic mass is 9.71. The topological polar surface area (TPSA) is 64.4 Å². The van der Waals surface area contributed by atoms with Crippen molar-refractivity contribution in [2.45, 2.75) is 79.9 Å². The molecule has 31 heavy (non-hydrogen) atoms. The Morgan fingerprint density at radius 2 is 1.87 bits per heavy atom. The molecule has 0 radical (unpaired) electrons. The first-order valence-electron chi connectivity index (χ1n) is 11.3. The van der Waals surface area contributed by atoms with E-state index in [1.54, 1.807) is 6.92 Å². The molecule has 2 unspecified atom stereocenters. The highest BCUT2D eigenvalue weighted by Crippen LogP contribution is 2.42. The summed E-state index contributed by atoms with van der Waals surface area (Å²) in [4.78, 5) is 17.1. The van der Waals surface area contributed by atoms with E-state index in [4.69, 9.17) is 9.15 Å². The largest absolute Gasteiger partial charge is 0.423 e. The SMILES string of the molecule is CCC(C)(C)C1=CCC(OC(C)C(=O)Nc2nc3ccccc3o2)C(C(C)(C)CC)=C1. The van der Waals surface area contributed by atoms with Crippen LogP contribution in [-0.2, 0) is 9.53 Å². The van der Waals surface area contributed by atoms with Gasteiger partial charge in [-0.2, -0.15) is 4.98 Å². The van der Waals surface area contributed by atoms with Gasteiger partial charge >= 0.3 is 6.01 Å². The monoisotopic (exact) mass is 424 g/mol. The first-order chi connectivity index (χ1) is 14.6. The lowest BCUT2D eigenvalue weighted by Crippen LogP contribution is -2.36. The second kappa shape index (κ2) is 8.99. The van der Waals surface area contributed by atoms with E-state index in [9.17, 15) is 4.79 Å². The van der Waals surface area contributed by atoms with E-state index in [1.165, 1.54) is 11.1 Å². The van der Waals surface area contributed by atoms with Gasteiger partial charge in [-0.15, -0.1) is 0 Å². The van der Waals surface area contributed by atoms with Crippen LogP contribution in [0.2, 0.25) is 0 Å². The molecule has 0 saturated heterocycles. The number of rotatable bonds is 8. The van der Waals surface area contributed by atoms with Crippen LogP contribution < -0.4 is 5.32 Å². The van der Waals surface area contributed by atoms with Gasteiger partial charge in [-0.3, -0.25) is 10.1 Å². The molecule has 3 rings (SSSR count). The van der Waals surface area contributed by atoms with Gasteiger partial charge in [0.15, 0.2) is 5.58 Å². The Hall–Kier alpha value is -2.40. The Balaban J connectivity index is 1.74. The highest BCUT2D eigenvalue weighted by atomic mass is 16.5. The summed E-state index contributed by atoms with van der Waals surface area (Å²) in [5.74, 6) is -0.260. The van der Waals surface area contributed by atoms with Crippen LogP contribution >= 0.6 is 0 Å². The smallest absolute Gasteiger partial charge is 0.302 e. The molecule has 1 aliphatic carbocycles. The van der Waals surface area contributed by atoms with Crippen molar-refractivity contribution in [3.05, 3.63) is 47.6 Å². The van der Waals surface area contributed by atoms with Gasteiger partial charge in [0.1, 0.15) is 11.6 Å². The van der Waals surface area contributed by atoms with Gasteiger partial charge in [-0.05, 0) is 60.3 Å². The third kappa shape index (κ3) is 5.09. The molecular weight excluding hydrogens is 388 g/mol. The molecule has 1 amide bonds. The number of nitrogens with one attached hydrogen (secondary N) is 1. The number of hydrogen-bond donors (Lipinski definition) is 1. The third-order valence-corrected chi connectivity index (χ3v) is 6.80. The van der Waals surface area contributed by atoms with Crippen molar-refractivity contribution in [3.63, 3.8) is 0 Å². The summed E-state index contributed by atoms with van der Waals surface area (Å²) in [6, 6.07) is 7.63. The van der Waals surface area contributed by atoms with Crippen LogP contribution in [0.15, 0.2) is 52.0 Å². The fourth-order valence-electron chi connectivity index (χ4n) is 3.76. The van der Waals surface area contributed by atoms with Crippen LogP contribution in [0.5, 0.6) is 0 Å². The predicted molar refractivity (Wildman–Crippen MR) is 126 cm³/mol. The number of aromatic nitrogens is 1. The summed E-state index contributed by atoms with van der Waals surface area (Å²) in [6.07, 6.45) is 6.67. The van der Waals surface area contributed by atoms with Crippen molar-refractivity contribution < 1.29 is 13.9 Å². The number of fused-ring (bicyclic) bond motifs is 1. The fourth-order valence-corrected chi connectivity index (χ4v) is 3.76. The van der Waals surface area contributed by atoms with E-state index in [0.717, 1.165) is 19.3 Å². The Morgan fingerprint density at radius 1 is 1.19 bits per heavy atom. The first kappa shape index (κ1) is 23.3. The molecule has 2 atom stereocenters. The normalized spacial score (nSPS) is 18.5. The summed E-state index contributed by atoms with van der Waals surface area (Å²) in [6.45, 7) is 15.3. The molecule has 0 saturated carbocycles. The van der Waals surface area contributed by atoms with Crippen LogP contribution in [0.1, 0.15) is 67.7 Å². The van der Waals surface area contributed by atoms with Crippen molar-refractivity contribution >= 4 is 23.0 Å². The minimum atomic E-state index is -0.634. The number of anilines is 1. The van der Waals surface area contributed by atoms with Gasteiger partial charge in [-0.1, -0.05) is 65.8 Å². The second-order valence-corrected chi connectivity index (χ2v) is 9.71. The molecule has 1 aromatic heterocycles. The quantitative estimate of drug-likeness (QED) is 0.514. The van der Waals surface area contributed by atoms with E-state index in [0.29, 0.717) is 11.1 Å². The Bertz CT molecular complexity index is 964. The summed E-state index contributed by atoms with van der Waals surface area (Å²) in [7, 11) is 0. The summed E-state index contributed by atoms with van der Waals surface area (Å²) >= 11 is 0. The number of ether oxygens (including phenoxy) is 1. The second-order valence-electron chi connectivity index (χ2n) is 9.71. The number of oxazole rings is 1. The number of para-hydroxylation sites is 2. The molecular formula is C26H36N2O3. The van der Waals surface area contributed by atoms with Gasteiger partial charge in [0, 0.05) is 0 Å². The molecule has 5 heteroatoms. The van der Waals surface area contributed by atoms with Crippen LogP contribution in [0.25, 0.3) is 11.1 Å². The Morgan fingerprint density at radius 3 is 2.52 bits per heavy atom. The molecule has 2 aromatic rings. The van der Waals surface area contributed by atoms with Crippen molar-refractivity contribution in [3.8, 4) is 0 Å². The number of hydrogen-bond acceptors (Lipinski definition) is 4. The zero-order valence-corrected chi connectivity index (χ0v) is 19.9. The minimum Gasteiger partial charge on any atom is -0.423 e. The van der Waals surface area contributed by atoms with E-state index in [-0.39, 0.29) is 28.9 Å². The molecule has 1 aromatic carbocycles. The maximum Gasteiger partial charge on any atom is 0.302 e. The predicted octanol–water partition coefficient (Wildman–Crippen LogP) is 6.67. The van der Waals surface area contributed by atoms with E-state index >= 15 is 0 Å². The molecule has 1 aliphatic rings. The summed E-state index contributed by atoms with van der Waals surface area (Å²) in [5.41, 5.74) is 4.08. The van der Waals surface area contributed by atoms with E-state index in [2.05, 4.69) is 64.0 Å². The van der Waals surface area contributed by atoms with E-state index < -0.39 is 6.10 Å². The van der Waals surface area contributed by atoms with Gasteiger partial charge in [0.05, 0.1) is 6.10 Å². The number of nitrogens with zero attached hydrogens (tertiary/aromatic N) is 1. The van der Waals surface area contributed by atoms with Crippen LogP contribution in [-0.4, -0.2) is 23.1 Å². The zero-order chi connectivity index (χ0) is 22.8. The molecule has 1 heterocycles. The Kier molecular flexibility index (Phi) is 6.75. The lowest BCUT2D eigenvalue weighted by molar-refractivity contribution is -0.129. The van der Waals surface area contributed by atoms with Crippen molar-refractivity contribution in [1.82, 2.24) is 4.98 Å². The number of carbonyl (C=O) groups is 1. The third-order valence-electron chi connectivity index (χ3n) is 6.80. The summed E-state index contributed by atoms with van der Waals surface area (Å²) in [5, 5.41) is 2.75. The molecule has 0 fully saturated rings.